The van der Waals surface area contributed by atoms with Crippen molar-refractivity contribution >= 4 is 12.0 Å². The van der Waals surface area contributed by atoms with Gasteiger partial charge in [0.25, 0.3) is 5.91 Å². The summed E-state index contributed by atoms with van der Waals surface area (Å²) in [6.45, 7) is 2.15. The van der Waals surface area contributed by atoms with Crippen LogP contribution in [0.5, 0.6) is 5.75 Å². The molecule has 1 heterocycles. The van der Waals surface area contributed by atoms with Crippen molar-refractivity contribution < 1.29 is 19.4 Å². The molecule has 154 valence electrons. The van der Waals surface area contributed by atoms with Gasteiger partial charge < -0.3 is 20.1 Å². The van der Waals surface area contributed by atoms with Crippen molar-refractivity contribution in [3.63, 3.8) is 0 Å². The van der Waals surface area contributed by atoms with E-state index in [4.69, 9.17) is 16.3 Å². The number of hydrogen-bond acceptors (Lipinski definition) is 3. The lowest BCUT2D eigenvalue weighted by Crippen LogP contribution is -2.78. The normalized spacial score (nSPS) is 31.6. The van der Waals surface area contributed by atoms with Crippen molar-refractivity contribution in [3.8, 4) is 18.1 Å². The number of carboxylic acid groups (broad SMARTS) is 1. The number of ether oxygens (including phenoxy) is 1. The van der Waals surface area contributed by atoms with Crippen molar-refractivity contribution in [2.45, 2.75) is 69.5 Å². The highest BCUT2D eigenvalue weighted by Gasteiger charge is 2.73. The number of benzene rings is 1. The highest BCUT2D eigenvalue weighted by atomic mass is 16.5. The molecule has 1 aromatic carbocycles. The van der Waals surface area contributed by atoms with E-state index in [-0.39, 0.29) is 28.9 Å². The molecule has 0 saturated heterocycles. The number of methoxy groups -OCH3 is 1. The van der Waals surface area contributed by atoms with E-state index in [1.807, 2.05) is 11.0 Å². The van der Waals surface area contributed by atoms with Gasteiger partial charge in [-0.05, 0) is 61.3 Å². The number of unbranched alkanes of at least 4 members (excludes halogenated alkanes) is 1. The molecule has 29 heavy (non-hydrogen) atoms. The summed E-state index contributed by atoms with van der Waals surface area (Å²) in [5.41, 5.74) is 1.90. The lowest BCUT2D eigenvalue weighted by atomic mass is 9.36. The third-order valence-corrected chi connectivity index (χ3v) is 7.04. The maximum Gasteiger partial charge on any atom is 0.405 e. The van der Waals surface area contributed by atoms with Gasteiger partial charge in [-0.3, -0.25) is 4.79 Å². The van der Waals surface area contributed by atoms with Gasteiger partial charge in [-0.2, -0.15) is 0 Å². The van der Waals surface area contributed by atoms with E-state index in [0.717, 1.165) is 56.3 Å². The second-order valence-corrected chi connectivity index (χ2v) is 8.93. The molecule has 3 aliphatic carbocycles. The Balaban J connectivity index is 1.73. The fourth-order valence-corrected chi connectivity index (χ4v) is 6.04. The average Bonchev–Trinajstić information content (AvgIpc) is 2.65. The minimum atomic E-state index is -0.982. The number of rotatable bonds is 6. The van der Waals surface area contributed by atoms with E-state index < -0.39 is 6.09 Å². The molecule has 0 radical (unpaired) electrons. The lowest BCUT2D eigenvalue weighted by molar-refractivity contribution is -0.204. The number of amides is 2. The standard InChI is InChI=1S/C23H28N2O4/c1-4-6-7-16-10-15-11-17(29-3)8-9-18(15)20(25(16)19(26)5-2)22-12-23(13-22,14-22)24-21(27)28/h2,8-9,11,16,20,24H,4,6-7,10,12-14H2,1,3H3,(H,27,28)/t16-,20+,22?,23?/m0/s1. The molecule has 0 unspecified atom stereocenters. The third kappa shape index (κ3) is 3.04. The number of fused-ring (bicyclic) bond motifs is 1. The van der Waals surface area contributed by atoms with E-state index >= 15 is 0 Å². The van der Waals surface area contributed by atoms with Crippen molar-refractivity contribution in [1.29, 1.82) is 0 Å². The zero-order valence-electron chi connectivity index (χ0n) is 17.0. The highest BCUT2D eigenvalue weighted by Crippen LogP contribution is 2.74. The van der Waals surface area contributed by atoms with Crippen LogP contribution in [0.4, 0.5) is 4.79 Å². The zero-order chi connectivity index (χ0) is 20.8. The van der Waals surface area contributed by atoms with E-state index in [9.17, 15) is 9.59 Å². The Hall–Kier alpha value is -2.68. The van der Waals surface area contributed by atoms with Crippen LogP contribution in [0.15, 0.2) is 18.2 Å². The van der Waals surface area contributed by atoms with Crippen molar-refractivity contribution in [3.05, 3.63) is 29.3 Å². The first-order valence-electron chi connectivity index (χ1n) is 10.3. The van der Waals surface area contributed by atoms with Crippen LogP contribution in [-0.2, 0) is 11.2 Å². The fraction of sp³-hybridized carbons (Fsp3) is 0.565. The van der Waals surface area contributed by atoms with E-state index in [1.165, 1.54) is 5.56 Å². The summed E-state index contributed by atoms with van der Waals surface area (Å²) in [5, 5.41) is 11.8. The van der Waals surface area contributed by atoms with Gasteiger partial charge in [0, 0.05) is 17.0 Å². The molecule has 2 N–H and O–H groups in total. The molecule has 4 aliphatic rings. The molecule has 0 aromatic heterocycles. The monoisotopic (exact) mass is 396 g/mol. The number of nitrogens with zero attached hydrogens (tertiary/aromatic N) is 1. The van der Waals surface area contributed by atoms with E-state index in [0.29, 0.717) is 0 Å². The number of carbonyl (C=O) groups excluding carboxylic acids is 1. The molecule has 0 spiro atoms. The molecule has 2 amide bonds. The molecule has 5 rings (SSSR count). The smallest absolute Gasteiger partial charge is 0.405 e. The summed E-state index contributed by atoms with van der Waals surface area (Å²) in [4.78, 5) is 26.0. The van der Waals surface area contributed by atoms with Crippen LogP contribution in [0.3, 0.4) is 0 Å². The first kappa shape index (κ1) is 19.6. The summed E-state index contributed by atoms with van der Waals surface area (Å²) in [7, 11) is 1.66. The van der Waals surface area contributed by atoms with Gasteiger partial charge in [0.05, 0.1) is 13.2 Å². The Bertz CT molecular complexity index is 868. The molecule has 1 aromatic rings. The predicted octanol–water partition coefficient (Wildman–Crippen LogP) is 3.50. The zero-order valence-corrected chi connectivity index (χ0v) is 17.0. The van der Waals surface area contributed by atoms with Crippen LogP contribution >= 0.6 is 0 Å². The van der Waals surface area contributed by atoms with Crippen LogP contribution in [0.25, 0.3) is 0 Å². The summed E-state index contributed by atoms with van der Waals surface area (Å²) in [6, 6.07) is 6.02. The van der Waals surface area contributed by atoms with Crippen molar-refractivity contribution in [1.82, 2.24) is 10.2 Å². The van der Waals surface area contributed by atoms with Gasteiger partial charge in [0.2, 0.25) is 0 Å². The largest absolute Gasteiger partial charge is 0.497 e. The van der Waals surface area contributed by atoms with Gasteiger partial charge in [0.1, 0.15) is 5.75 Å². The number of nitrogens with one attached hydrogen (secondary N) is 1. The summed E-state index contributed by atoms with van der Waals surface area (Å²) in [5.74, 6) is 2.91. The minimum absolute atomic E-state index is 0.0560. The van der Waals surface area contributed by atoms with Crippen LogP contribution in [-0.4, -0.2) is 40.7 Å². The van der Waals surface area contributed by atoms with Gasteiger partial charge in [-0.25, -0.2) is 4.79 Å². The van der Waals surface area contributed by atoms with Gasteiger partial charge >= 0.3 is 6.09 Å². The number of carbonyl (C=O) groups is 2. The Morgan fingerprint density at radius 3 is 2.69 bits per heavy atom. The first-order valence-corrected chi connectivity index (χ1v) is 10.3. The Kier molecular flexibility index (Phi) is 4.72. The lowest BCUT2D eigenvalue weighted by Gasteiger charge is -2.74. The number of hydrogen-bond donors (Lipinski definition) is 2. The summed E-state index contributed by atoms with van der Waals surface area (Å²) >= 11 is 0. The quantitative estimate of drug-likeness (QED) is 0.722. The summed E-state index contributed by atoms with van der Waals surface area (Å²) in [6.07, 6.45) is 10.6. The predicted molar refractivity (Wildman–Crippen MR) is 109 cm³/mol. The second kappa shape index (κ2) is 6.98. The van der Waals surface area contributed by atoms with Crippen LogP contribution in [0.1, 0.15) is 62.6 Å². The first-order chi connectivity index (χ1) is 13.9. The van der Waals surface area contributed by atoms with E-state index in [1.54, 1.807) is 7.11 Å². The van der Waals surface area contributed by atoms with Crippen molar-refractivity contribution in [2.75, 3.05) is 7.11 Å². The van der Waals surface area contributed by atoms with Gasteiger partial charge in [0.15, 0.2) is 0 Å². The van der Waals surface area contributed by atoms with E-state index in [2.05, 4.69) is 30.3 Å². The molecular formula is C23H28N2O4. The van der Waals surface area contributed by atoms with Crippen LogP contribution < -0.4 is 10.1 Å². The molecule has 3 fully saturated rings. The molecule has 3 saturated carbocycles. The topological polar surface area (TPSA) is 78.9 Å². The highest BCUT2D eigenvalue weighted by molar-refractivity contribution is 5.94. The molecule has 2 atom stereocenters. The third-order valence-electron chi connectivity index (χ3n) is 7.04. The summed E-state index contributed by atoms with van der Waals surface area (Å²) < 4.78 is 5.43. The Labute approximate surface area is 171 Å². The molecule has 1 aliphatic heterocycles. The molecular weight excluding hydrogens is 368 g/mol. The van der Waals surface area contributed by atoms with Gasteiger partial charge in [-0.15, -0.1) is 6.42 Å². The molecule has 2 bridgehead atoms. The minimum Gasteiger partial charge on any atom is -0.497 e. The maximum absolute atomic E-state index is 12.9. The maximum atomic E-state index is 12.9. The Morgan fingerprint density at radius 2 is 2.10 bits per heavy atom. The fourth-order valence-electron chi connectivity index (χ4n) is 6.04. The number of terminal acetylenes is 1. The average molecular weight is 396 g/mol. The van der Waals surface area contributed by atoms with Crippen LogP contribution in [0.2, 0.25) is 0 Å². The molecule has 6 heteroatoms. The van der Waals surface area contributed by atoms with Crippen molar-refractivity contribution in [2.24, 2.45) is 5.41 Å². The Morgan fingerprint density at radius 1 is 1.38 bits per heavy atom. The molecule has 6 nitrogen and oxygen atoms in total. The second-order valence-electron chi connectivity index (χ2n) is 8.93. The van der Waals surface area contributed by atoms with Crippen LogP contribution in [0, 0.1) is 17.8 Å². The SMILES string of the molecule is C#CC(=O)N1[C@@H](CCCC)Cc2cc(OC)ccc2[C@@H]1C12CC(NC(=O)O)(C1)C2. The van der Waals surface area contributed by atoms with Gasteiger partial charge in [-0.1, -0.05) is 25.8 Å².